The highest BCUT2D eigenvalue weighted by Crippen LogP contribution is 2.28. The molecule has 0 radical (unpaired) electrons. The van der Waals surface area contributed by atoms with Gasteiger partial charge in [-0.1, -0.05) is 18.2 Å². The number of carbonyl (C=O) groups is 1. The van der Waals surface area contributed by atoms with E-state index >= 15 is 0 Å². The summed E-state index contributed by atoms with van der Waals surface area (Å²) in [5.74, 6) is 0.156. The molecule has 4 rings (SSSR count). The van der Waals surface area contributed by atoms with Gasteiger partial charge in [0, 0.05) is 42.2 Å². The first-order chi connectivity index (χ1) is 14.5. The number of halogens is 1. The molecule has 6 heteroatoms. The molecule has 1 saturated heterocycles. The average molecular weight is 424 g/mol. The van der Waals surface area contributed by atoms with Crippen molar-refractivity contribution in [3.63, 3.8) is 0 Å². The van der Waals surface area contributed by atoms with Crippen LogP contribution in [0.2, 0.25) is 0 Å². The molecule has 1 fully saturated rings. The van der Waals surface area contributed by atoms with Crippen molar-refractivity contribution in [2.45, 2.75) is 45.4 Å². The summed E-state index contributed by atoms with van der Waals surface area (Å²) in [6.07, 6.45) is 2.87. The van der Waals surface area contributed by atoms with Crippen molar-refractivity contribution in [3.05, 3.63) is 80.8 Å². The largest absolute Gasteiger partial charge is 0.342 e. The van der Waals surface area contributed by atoms with E-state index in [1.165, 1.54) is 6.07 Å². The van der Waals surface area contributed by atoms with Gasteiger partial charge in [0.2, 0.25) is 5.91 Å². The second-order valence-electron chi connectivity index (χ2n) is 8.02. The molecule has 1 atom stereocenters. The number of hydrogen-bond acceptors (Lipinski definition) is 4. The molecule has 0 aliphatic carbocycles. The van der Waals surface area contributed by atoms with E-state index in [1.807, 2.05) is 42.3 Å². The molecule has 1 aliphatic rings. The second kappa shape index (κ2) is 9.04. The van der Waals surface area contributed by atoms with E-state index in [-0.39, 0.29) is 17.6 Å². The minimum Gasteiger partial charge on any atom is -0.342 e. The number of rotatable bonds is 5. The van der Waals surface area contributed by atoms with Gasteiger partial charge in [0.05, 0.1) is 17.1 Å². The Kier molecular flexibility index (Phi) is 6.23. The van der Waals surface area contributed by atoms with E-state index in [2.05, 4.69) is 11.1 Å². The maximum Gasteiger partial charge on any atom is 0.228 e. The quantitative estimate of drug-likeness (QED) is 0.590. The smallest absolute Gasteiger partial charge is 0.228 e. The minimum atomic E-state index is -0.180. The first kappa shape index (κ1) is 20.7. The highest BCUT2D eigenvalue weighted by Gasteiger charge is 2.26. The van der Waals surface area contributed by atoms with Crippen LogP contribution < -0.4 is 0 Å². The third kappa shape index (κ3) is 4.93. The van der Waals surface area contributed by atoms with Crippen molar-refractivity contribution in [1.29, 1.82) is 0 Å². The number of aromatic nitrogens is 2. The topological polar surface area (TPSA) is 46.1 Å². The van der Waals surface area contributed by atoms with Gasteiger partial charge < -0.3 is 4.90 Å². The third-order valence-corrected chi connectivity index (χ3v) is 6.40. The van der Waals surface area contributed by atoms with E-state index in [0.29, 0.717) is 24.9 Å². The molecule has 2 aromatic heterocycles. The number of piperidine rings is 1. The molecule has 30 heavy (non-hydrogen) atoms. The summed E-state index contributed by atoms with van der Waals surface area (Å²) in [4.78, 5) is 23.9. The number of likely N-dealkylation sites (tertiary alicyclic amines) is 1. The Hall–Kier alpha value is -2.60. The molecule has 1 amide bonds. The maximum atomic E-state index is 14.1. The van der Waals surface area contributed by atoms with Crippen LogP contribution in [0.4, 0.5) is 4.39 Å². The molecule has 0 N–H and O–H groups in total. The summed E-state index contributed by atoms with van der Waals surface area (Å²) in [5.41, 5.74) is 4.53. The van der Waals surface area contributed by atoms with Gasteiger partial charge in [-0.3, -0.25) is 9.78 Å². The lowest BCUT2D eigenvalue weighted by molar-refractivity contribution is -0.131. The lowest BCUT2D eigenvalue weighted by Gasteiger charge is -2.32. The van der Waals surface area contributed by atoms with E-state index in [1.54, 1.807) is 17.4 Å². The van der Waals surface area contributed by atoms with Crippen LogP contribution in [0.15, 0.2) is 41.8 Å². The number of thiazole rings is 1. The molecule has 0 saturated carbocycles. The molecular weight excluding hydrogens is 397 g/mol. The van der Waals surface area contributed by atoms with Crippen molar-refractivity contribution in [1.82, 2.24) is 14.9 Å². The van der Waals surface area contributed by atoms with Gasteiger partial charge in [-0.25, -0.2) is 9.37 Å². The SMILES string of the molecule is Cc1cc(Cc2ccccc2F)cc(C2CCCN(C(=O)Cc3csc(C)n3)C2)n1. The first-order valence-electron chi connectivity index (χ1n) is 10.4. The summed E-state index contributed by atoms with van der Waals surface area (Å²) >= 11 is 1.58. The number of carbonyl (C=O) groups excluding carboxylic acids is 1. The number of hydrogen-bond donors (Lipinski definition) is 0. The minimum absolute atomic E-state index is 0.129. The van der Waals surface area contributed by atoms with Gasteiger partial charge in [0.1, 0.15) is 5.82 Å². The monoisotopic (exact) mass is 423 g/mol. The highest BCUT2D eigenvalue weighted by molar-refractivity contribution is 7.09. The molecule has 156 valence electrons. The summed E-state index contributed by atoms with van der Waals surface area (Å²) in [5, 5.41) is 2.95. The van der Waals surface area contributed by atoms with Crippen LogP contribution >= 0.6 is 11.3 Å². The molecule has 1 aromatic carbocycles. The lowest BCUT2D eigenvalue weighted by atomic mass is 9.92. The summed E-state index contributed by atoms with van der Waals surface area (Å²) in [7, 11) is 0. The number of nitrogens with zero attached hydrogens (tertiary/aromatic N) is 3. The summed E-state index contributed by atoms with van der Waals surface area (Å²) in [6, 6.07) is 11.0. The first-order valence-corrected chi connectivity index (χ1v) is 11.3. The van der Waals surface area contributed by atoms with Crippen LogP contribution in [-0.4, -0.2) is 33.9 Å². The predicted molar refractivity (Wildman–Crippen MR) is 117 cm³/mol. The van der Waals surface area contributed by atoms with Crippen LogP contribution in [0.5, 0.6) is 0 Å². The Morgan fingerprint density at radius 3 is 2.83 bits per heavy atom. The number of benzene rings is 1. The predicted octanol–water partition coefficient (Wildman–Crippen LogP) is 4.83. The van der Waals surface area contributed by atoms with Gasteiger partial charge >= 0.3 is 0 Å². The molecule has 1 unspecified atom stereocenters. The molecule has 4 nitrogen and oxygen atoms in total. The van der Waals surface area contributed by atoms with Crippen molar-refractivity contribution >= 4 is 17.2 Å². The fraction of sp³-hybridized carbons (Fsp3) is 0.375. The van der Waals surface area contributed by atoms with Gasteiger partial charge in [-0.2, -0.15) is 0 Å². The zero-order valence-electron chi connectivity index (χ0n) is 17.4. The normalized spacial score (nSPS) is 16.6. The van der Waals surface area contributed by atoms with Crippen molar-refractivity contribution in [2.75, 3.05) is 13.1 Å². The van der Waals surface area contributed by atoms with Gasteiger partial charge in [0.25, 0.3) is 0 Å². The Morgan fingerprint density at radius 1 is 1.23 bits per heavy atom. The summed E-state index contributed by atoms with van der Waals surface area (Å²) in [6.45, 7) is 5.40. The average Bonchev–Trinajstić information content (AvgIpc) is 3.14. The molecule has 0 spiro atoms. The van der Waals surface area contributed by atoms with Crippen LogP contribution in [0.1, 0.15) is 52.0 Å². The maximum absolute atomic E-state index is 14.1. The van der Waals surface area contributed by atoms with Crippen LogP contribution in [0.3, 0.4) is 0 Å². The zero-order chi connectivity index (χ0) is 21.1. The fourth-order valence-corrected chi connectivity index (χ4v) is 4.75. The van der Waals surface area contributed by atoms with Gasteiger partial charge in [-0.05, 0) is 56.0 Å². The molecule has 1 aliphatic heterocycles. The van der Waals surface area contributed by atoms with Crippen LogP contribution in [0.25, 0.3) is 0 Å². The molecule has 3 heterocycles. The molecule has 0 bridgehead atoms. The van der Waals surface area contributed by atoms with Crippen molar-refractivity contribution in [3.8, 4) is 0 Å². The Bertz CT molecular complexity index is 1050. The molecule has 3 aromatic rings. The highest BCUT2D eigenvalue weighted by atomic mass is 32.1. The molecular formula is C24H26FN3OS. The number of pyridine rings is 1. The fourth-order valence-electron chi connectivity index (χ4n) is 4.14. The van der Waals surface area contributed by atoms with Gasteiger partial charge in [-0.15, -0.1) is 11.3 Å². The second-order valence-corrected chi connectivity index (χ2v) is 9.09. The Labute approximate surface area is 180 Å². The Balaban J connectivity index is 1.48. The van der Waals surface area contributed by atoms with Crippen molar-refractivity contribution in [2.24, 2.45) is 0 Å². The number of aryl methyl sites for hydroxylation is 2. The van der Waals surface area contributed by atoms with Crippen LogP contribution in [0, 0.1) is 19.7 Å². The van der Waals surface area contributed by atoms with E-state index < -0.39 is 0 Å². The van der Waals surface area contributed by atoms with E-state index in [4.69, 9.17) is 4.98 Å². The number of amides is 1. The van der Waals surface area contributed by atoms with E-state index in [9.17, 15) is 9.18 Å². The van der Waals surface area contributed by atoms with E-state index in [0.717, 1.165) is 47.0 Å². The lowest BCUT2D eigenvalue weighted by Crippen LogP contribution is -2.40. The Morgan fingerprint density at radius 2 is 2.07 bits per heavy atom. The third-order valence-electron chi connectivity index (χ3n) is 5.58. The summed E-state index contributed by atoms with van der Waals surface area (Å²) < 4.78 is 14.1. The van der Waals surface area contributed by atoms with Gasteiger partial charge in [0.15, 0.2) is 0 Å². The standard InChI is InChI=1S/C24H26FN3OS/c1-16-10-18(11-19-6-3-4-8-22(19)25)12-23(26-16)20-7-5-9-28(14-20)24(29)13-21-15-30-17(2)27-21/h3-4,6,8,10,12,15,20H,5,7,9,11,13-14H2,1-2H3. The van der Waals surface area contributed by atoms with Crippen LogP contribution in [-0.2, 0) is 17.6 Å². The zero-order valence-corrected chi connectivity index (χ0v) is 18.2. The van der Waals surface area contributed by atoms with Crippen molar-refractivity contribution < 1.29 is 9.18 Å².